The molecule has 2 aromatic rings. The van der Waals surface area contributed by atoms with Crippen molar-refractivity contribution in [3.05, 3.63) is 52.1 Å². The number of anilines is 1. The number of aryl methyl sites for hydroxylation is 1. The van der Waals surface area contributed by atoms with Gasteiger partial charge in [0.25, 0.3) is 0 Å². The number of nitro groups is 1. The molecule has 0 aliphatic rings. The van der Waals surface area contributed by atoms with Crippen molar-refractivity contribution in [1.29, 1.82) is 0 Å². The largest absolute Gasteiger partial charge is 0.379 e. The van der Waals surface area contributed by atoms with Crippen molar-refractivity contribution >= 4 is 11.4 Å². The number of nitrogens with one attached hydrogen (secondary N) is 1. The molecule has 6 nitrogen and oxygen atoms in total. The highest BCUT2D eigenvalue weighted by Gasteiger charge is 2.13. The fourth-order valence-electron chi connectivity index (χ4n) is 1.88. The van der Waals surface area contributed by atoms with Gasteiger partial charge in [-0.2, -0.15) is 9.49 Å². The van der Waals surface area contributed by atoms with E-state index < -0.39 is 16.4 Å². The molecule has 20 heavy (non-hydrogen) atoms. The van der Waals surface area contributed by atoms with Crippen LogP contribution >= 0.6 is 0 Å². The normalized spacial score (nSPS) is 10.5. The van der Waals surface area contributed by atoms with E-state index in [1.54, 1.807) is 6.20 Å². The highest BCUT2D eigenvalue weighted by atomic mass is 19.1. The van der Waals surface area contributed by atoms with E-state index in [9.17, 15) is 14.5 Å². The second-order valence-corrected chi connectivity index (χ2v) is 4.32. The smallest absolute Gasteiger partial charge is 0.304 e. The Morgan fingerprint density at radius 2 is 2.25 bits per heavy atom. The van der Waals surface area contributed by atoms with E-state index in [0.717, 1.165) is 30.8 Å². The van der Waals surface area contributed by atoms with Crippen molar-refractivity contribution in [1.82, 2.24) is 9.78 Å². The standard InChI is InChI=1S/C13H15FN4O2/c1-2-7-17-11(5-6-16-17)9-15-10-3-4-13(18(19)20)12(14)8-10/h3-6,8,15H,2,7,9H2,1H3. The zero-order chi connectivity index (χ0) is 14.5. The van der Waals surface area contributed by atoms with Crippen LogP contribution in [0.25, 0.3) is 0 Å². The number of hydrogen-bond acceptors (Lipinski definition) is 4. The number of hydrogen-bond donors (Lipinski definition) is 1. The van der Waals surface area contributed by atoms with Crippen LogP contribution in [-0.2, 0) is 13.1 Å². The lowest BCUT2D eigenvalue weighted by molar-refractivity contribution is -0.387. The molecule has 0 fully saturated rings. The molecule has 0 unspecified atom stereocenters. The molecular formula is C13H15FN4O2. The van der Waals surface area contributed by atoms with Crippen molar-refractivity contribution in [2.45, 2.75) is 26.4 Å². The molecular weight excluding hydrogens is 263 g/mol. The van der Waals surface area contributed by atoms with E-state index in [2.05, 4.69) is 17.3 Å². The third kappa shape index (κ3) is 3.11. The third-order valence-electron chi connectivity index (χ3n) is 2.86. The van der Waals surface area contributed by atoms with Crippen LogP contribution in [0.4, 0.5) is 15.8 Å². The Balaban J connectivity index is 2.05. The first-order valence-corrected chi connectivity index (χ1v) is 6.30. The van der Waals surface area contributed by atoms with Crippen molar-refractivity contribution < 1.29 is 9.31 Å². The topological polar surface area (TPSA) is 73.0 Å². The number of aromatic nitrogens is 2. The molecule has 0 saturated heterocycles. The SMILES string of the molecule is CCCn1nccc1CNc1ccc([N+](=O)[O-])c(F)c1. The molecule has 0 aliphatic carbocycles. The summed E-state index contributed by atoms with van der Waals surface area (Å²) in [7, 11) is 0. The lowest BCUT2D eigenvalue weighted by Gasteiger charge is -2.09. The van der Waals surface area contributed by atoms with Crippen LogP contribution in [0.5, 0.6) is 0 Å². The molecule has 0 aliphatic heterocycles. The van der Waals surface area contributed by atoms with Crippen LogP contribution < -0.4 is 5.32 Å². The van der Waals surface area contributed by atoms with Crippen LogP contribution in [0.15, 0.2) is 30.5 Å². The molecule has 0 amide bonds. The van der Waals surface area contributed by atoms with E-state index in [-0.39, 0.29) is 0 Å². The summed E-state index contributed by atoms with van der Waals surface area (Å²) in [4.78, 5) is 9.79. The van der Waals surface area contributed by atoms with Gasteiger partial charge in [0.15, 0.2) is 0 Å². The fourth-order valence-corrected chi connectivity index (χ4v) is 1.88. The lowest BCUT2D eigenvalue weighted by atomic mass is 10.2. The summed E-state index contributed by atoms with van der Waals surface area (Å²) in [6.07, 6.45) is 2.68. The lowest BCUT2D eigenvalue weighted by Crippen LogP contribution is -2.09. The number of nitro benzene ring substituents is 1. The van der Waals surface area contributed by atoms with Gasteiger partial charge in [0.2, 0.25) is 5.82 Å². The minimum absolute atomic E-state index is 0.483. The highest BCUT2D eigenvalue weighted by Crippen LogP contribution is 2.21. The quantitative estimate of drug-likeness (QED) is 0.651. The Kier molecular flexibility index (Phi) is 4.29. The molecule has 0 atom stereocenters. The first-order chi connectivity index (χ1) is 9.61. The minimum atomic E-state index is -0.845. The number of nitrogens with zero attached hydrogens (tertiary/aromatic N) is 3. The molecule has 0 bridgehead atoms. The third-order valence-corrected chi connectivity index (χ3v) is 2.86. The monoisotopic (exact) mass is 278 g/mol. The average molecular weight is 278 g/mol. The van der Waals surface area contributed by atoms with Crippen molar-refractivity contribution in [3.63, 3.8) is 0 Å². The predicted octanol–water partition coefficient (Wildman–Crippen LogP) is 2.95. The summed E-state index contributed by atoms with van der Waals surface area (Å²) in [5, 5.41) is 17.7. The van der Waals surface area contributed by atoms with Crippen LogP contribution in [-0.4, -0.2) is 14.7 Å². The van der Waals surface area contributed by atoms with Gasteiger partial charge in [0.05, 0.1) is 17.2 Å². The van der Waals surface area contributed by atoms with Gasteiger partial charge in [0.1, 0.15) is 0 Å². The highest BCUT2D eigenvalue weighted by molar-refractivity contribution is 5.49. The van der Waals surface area contributed by atoms with E-state index in [4.69, 9.17) is 0 Å². The zero-order valence-electron chi connectivity index (χ0n) is 11.0. The van der Waals surface area contributed by atoms with Crippen LogP contribution in [0.1, 0.15) is 19.0 Å². The van der Waals surface area contributed by atoms with E-state index in [1.165, 1.54) is 6.07 Å². The van der Waals surface area contributed by atoms with Gasteiger partial charge in [-0.15, -0.1) is 0 Å². The second kappa shape index (κ2) is 6.14. The van der Waals surface area contributed by atoms with Crippen molar-refractivity contribution in [2.75, 3.05) is 5.32 Å². The number of rotatable bonds is 6. The summed E-state index contributed by atoms with van der Waals surface area (Å²) < 4.78 is 15.3. The van der Waals surface area contributed by atoms with Crippen LogP contribution in [0, 0.1) is 15.9 Å². The maximum atomic E-state index is 13.5. The molecule has 1 heterocycles. The Morgan fingerprint density at radius 1 is 1.45 bits per heavy atom. The minimum Gasteiger partial charge on any atom is -0.379 e. The zero-order valence-corrected chi connectivity index (χ0v) is 11.0. The van der Waals surface area contributed by atoms with Gasteiger partial charge in [-0.3, -0.25) is 14.8 Å². The molecule has 7 heteroatoms. The van der Waals surface area contributed by atoms with Crippen LogP contribution in [0.2, 0.25) is 0 Å². The average Bonchev–Trinajstić information content (AvgIpc) is 2.84. The summed E-state index contributed by atoms with van der Waals surface area (Å²) in [6, 6.07) is 5.64. The second-order valence-electron chi connectivity index (χ2n) is 4.32. The summed E-state index contributed by atoms with van der Waals surface area (Å²) in [5.41, 5.74) is 0.953. The first-order valence-electron chi connectivity index (χ1n) is 6.30. The maximum absolute atomic E-state index is 13.5. The van der Waals surface area contributed by atoms with E-state index in [1.807, 2.05) is 10.7 Å². The molecule has 0 spiro atoms. The molecule has 1 aromatic carbocycles. The maximum Gasteiger partial charge on any atom is 0.304 e. The first kappa shape index (κ1) is 14.0. The summed E-state index contributed by atoms with van der Waals surface area (Å²) in [5.74, 6) is -0.845. The van der Waals surface area contributed by atoms with Gasteiger partial charge in [-0.25, -0.2) is 0 Å². The molecule has 1 N–H and O–H groups in total. The van der Waals surface area contributed by atoms with E-state index >= 15 is 0 Å². The Hall–Kier alpha value is -2.44. The van der Waals surface area contributed by atoms with Crippen molar-refractivity contribution in [3.8, 4) is 0 Å². The molecule has 0 saturated carbocycles. The summed E-state index contributed by atoms with van der Waals surface area (Å²) >= 11 is 0. The number of halogens is 1. The van der Waals surface area contributed by atoms with Crippen LogP contribution in [0.3, 0.4) is 0 Å². The Labute approximate surface area is 115 Å². The fraction of sp³-hybridized carbons (Fsp3) is 0.308. The Morgan fingerprint density at radius 3 is 2.90 bits per heavy atom. The Bertz CT molecular complexity index is 612. The van der Waals surface area contributed by atoms with E-state index in [0.29, 0.717) is 12.2 Å². The molecule has 2 rings (SSSR count). The summed E-state index contributed by atoms with van der Waals surface area (Å²) in [6.45, 7) is 3.36. The molecule has 106 valence electrons. The van der Waals surface area contributed by atoms with Gasteiger partial charge >= 0.3 is 5.69 Å². The van der Waals surface area contributed by atoms with Gasteiger partial charge in [-0.05, 0) is 18.6 Å². The van der Waals surface area contributed by atoms with Gasteiger partial charge in [-0.1, -0.05) is 6.92 Å². The van der Waals surface area contributed by atoms with Crippen molar-refractivity contribution in [2.24, 2.45) is 0 Å². The molecule has 1 aromatic heterocycles. The van der Waals surface area contributed by atoms with Gasteiger partial charge < -0.3 is 5.32 Å². The predicted molar refractivity (Wildman–Crippen MR) is 72.9 cm³/mol. The van der Waals surface area contributed by atoms with Gasteiger partial charge in [0, 0.05) is 30.6 Å². The number of benzene rings is 1. The molecule has 0 radical (unpaired) electrons.